The van der Waals surface area contributed by atoms with Crippen molar-refractivity contribution < 1.29 is 41.1 Å². The Hall–Kier alpha value is -0.984. The van der Waals surface area contributed by atoms with Gasteiger partial charge in [-0.05, 0) is 13.8 Å². The Bertz CT molecular complexity index is 562. The third-order valence-corrected chi connectivity index (χ3v) is 3.83. The molecule has 0 aliphatic carbocycles. The molecule has 0 rings (SSSR count). The first-order valence-electron chi connectivity index (χ1n) is 7.88. The Balaban J connectivity index is 0. The van der Waals surface area contributed by atoms with Crippen LogP contribution in [0.3, 0.4) is 0 Å². The van der Waals surface area contributed by atoms with Gasteiger partial charge in [-0.25, -0.2) is 9.59 Å². The summed E-state index contributed by atoms with van der Waals surface area (Å²) in [7, 11) is -3.76. The molecule has 0 amide bonds. The molecule has 0 fully saturated rings. The normalized spacial score (nSPS) is 13.0. The van der Waals surface area contributed by atoms with Crippen molar-refractivity contribution in [1.82, 2.24) is 0 Å². The van der Waals surface area contributed by atoms with Crippen LogP contribution in [-0.4, -0.2) is 94.4 Å². The van der Waals surface area contributed by atoms with Gasteiger partial charge in [0.1, 0.15) is 12.2 Å². The number of rotatable bonds is 15. The van der Waals surface area contributed by atoms with Crippen molar-refractivity contribution in [2.75, 3.05) is 38.8 Å². The number of hydrogen-bond acceptors (Lipinski definition) is 9. The number of hydrogen-bond donors (Lipinski definition) is 0. The smallest absolute Gasteiger partial charge is 0.330 e. The molecule has 0 heterocycles. The van der Waals surface area contributed by atoms with Crippen LogP contribution in [0.25, 0.3) is 0 Å². The van der Waals surface area contributed by atoms with Gasteiger partial charge in [-0.1, -0.05) is 13.2 Å². The zero-order valence-electron chi connectivity index (χ0n) is 15.0. The summed E-state index contributed by atoms with van der Waals surface area (Å²) in [5, 5.41) is 0. The Morgan fingerprint density at radius 2 is 1.33 bits per heavy atom. The van der Waals surface area contributed by atoms with E-state index in [2.05, 4.69) is 13.2 Å². The lowest BCUT2D eigenvalue weighted by molar-refractivity contribution is -0.145. The van der Waals surface area contributed by atoms with Gasteiger partial charge in [0.25, 0.3) is 10.1 Å². The summed E-state index contributed by atoms with van der Waals surface area (Å²) in [6.45, 7) is 9.67. The molecule has 0 bridgehead atoms. The van der Waals surface area contributed by atoms with Crippen molar-refractivity contribution in [3.63, 3.8) is 0 Å². The first kappa shape index (κ1) is 28.2. The molecule has 0 aromatic heterocycles. The van der Waals surface area contributed by atoms with E-state index in [1.54, 1.807) is 13.8 Å². The fourth-order valence-electron chi connectivity index (χ4n) is 1.50. The predicted octanol–water partition coefficient (Wildman–Crippen LogP) is -0.315. The lowest BCUT2D eigenvalue weighted by Crippen LogP contribution is -2.23. The Morgan fingerprint density at radius 1 is 0.889 bits per heavy atom. The Labute approximate surface area is 176 Å². The van der Waals surface area contributed by atoms with Crippen LogP contribution in [0.1, 0.15) is 13.8 Å². The minimum absolute atomic E-state index is 0. The second-order valence-corrected chi connectivity index (χ2v) is 6.90. The molecule has 0 saturated heterocycles. The maximum atomic E-state index is 11.6. The molecule has 0 aromatic rings. The molecule has 0 aliphatic rings. The van der Waals surface area contributed by atoms with E-state index in [4.69, 9.17) is 23.1 Å². The molecular weight excluding hydrogens is 393 g/mol. The van der Waals surface area contributed by atoms with Crippen LogP contribution >= 0.6 is 0 Å². The summed E-state index contributed by atoms with van der Waals surface area (Å²) in [5.41, 5.74) is 0. The Kier molecular flexibility index (Phi) is 16.7. The molecule has 11 heteroatoms. The summed E-state index contributed by atoms with van der Waals surface area (Å²) in [6, 6.07) is 0. The van der Waals surface area contributed by atoms with Crippen LogP contribution in [0.2, 0.25) is 0 Å². The van der Waals surface area contributed by atoms with E-state index in [0.717, 1.165) is 12.2 Å². The minimum atomic E-state index is -3.76. The van der Waals surface area contributed by atoms with Gasteiger partial charge in [-0.2, -0.15) is 8.42 Å². The van der Waals surface area contributed by atoms with Crippen LogP contribution in [0.15, 0.2) is 25.3 Å². The molecule has 9 nitrogen and oxygen atoms in total. The molecule has 0 N–H and O–H groups in total. The first-order chi connectivity index (χ1) is 12.2. The van der Waals surface area contributed by atoms with Crippen LogP contribution < -0.4 is 0 Å². The summed E-state index contributed by atoms with van der Waals surface area (Å²) < 4.78 is 48.0. The summed E-state index contributed by atoms with van der Waals surface area (Å²) in [5.74, 6) is -1.48. The van der Waals surface area contributed by atoms with Gasteiger partial charge in [0.2, 0.25) is 0 Å². The maximum absolute atomic E-state index is 11.6. The summed E-state index contributed by atoms with van der Waals surface area (Å²) in [6.07, 6.45) is 1.07. The first-order valence-corrected chi connectivity index (χ1v) is 9.46. The van der Waals surface area contributed by atoms with Gasteiger partial charge in [-0.15, -0.1) is 0 Å². The van der Waals surface area contributed by atoms with E-state index in [1.807, 2.05) is 0 Å². The highest BCUT2D eigenvalue weighted by Gasteiger charge is 2.13. The van der Waals surface area contributed by atoms with Gasteiger partial charge in [0.15, 0.2) is 0 Å². The lowest BCUT2D eigenvalue weighted by atomic mass is 10.4. The molecule has 0 aromatic carbocycles. The van der Waals surface area contributed by atoms with E-state index in [-0.39, 0.29) is 61.8 Å². The van der Waals surface area contributed by atoms with Crippen LogP contribution in [0.5, 0.6) is 0 Å². The van der Waals surface area contributed by atoms with Gasteiger partial charge in [-0.3, -0.25) is 4.18 Å². The molecule has 2 unspecified atom stereocenters. The fraction of sp³-hybridized carbons (Fsp3) is 0.625. The monoisotopic (exact) mass is 420 g/mol. The average molecular weight is 421 g/mol. The molecule has 0 spiro atoms. The van der Waals surface area contributed by atoms with Gasteiger partial charge in [0.05, 0.1) is 38.8 Å². The lowest BCUT2D eigenvalue weighted by Gasteiger charge is -2.13. The molecule has 0 saturated carbocycles. The highest BCUT2D eigenvalue weighted by Crippen LogP contribution is 1.98. The van der Waals surface area contributed by atoms with E-state index in [9.17, 15) is 18.0 Å². The second kappa shape index (κ2) is 16.0. The third-order valence-electron chi connectivity index (χ3n) is 2.64. The van der Waals surface area contributed by atoms with Crippen LogP contribution in [-0.2, 0) is 42.8 Å². The van der Waals surface area contributed by atoms with Crippen LogP contribution in [0.4, 0.5) is 0 Å². The molecule has 27 heavy (non-hydrogen) atoms. The van der Waals surface area contributed by atoms with Crippen molar-refractivity contribution in [2.24, 2.45) is 0 Å². The predicted molar refractivity (Wildman–Crippen MR) is 101 cm³/mol. The zero-order valence-corrected chi connectivity index (χ0v) is 15.9. The van der Waals surface area contributed by atoms with Crippen LogP contribution in [0, 0.1) is 0 Å². The molecular formula is C16H28MgO9S. The van der Waals surface area contributed by atoms with E-state index in [0.29, 0.717) is 0 Å². The number of ether oxygens (including phenoxy) is 4. The van der Waals surface area contributed by atoms with E-state index >= 15 is 0 Å². The molecule has 154 valence electrons. The summed E-state index contributed by atoms with van der Waals surface area (Å²) >= 11 is 0. The molecule has 2 atom stereocenters. The van der Waals surface area contributed by atoms with Gasteiger partial charge < -0.3 is 18.9 Å². The van der Waals surface area contributed by atoms with Crippen molar-refractivity contribution >= 4 is 45.1 Å². The van der Waals surface area contributed by atoms with E-state index in [1.165, 1.54) is 0 Å². The number of carbonyl (C=O) groups is 2. The van der Waals surface area contributed by atoms with Gasteiger partial charge >= 0.3 is 35.0 Å². The third kappa shape index (κ3) is 16.9. The topological polar surface area (TPSA) is 114 Å². The van der Waals surface area contributed by atoms with Crippen molar-refractivity contribution in [2.45, 2.75) is 26.1 Å². The summed E-state index contributed by atoms with van der Waals surface area (Å²) in [4.78, 5) is 21.9. The fourth-order valence-corrected chi connectivity index (χ4v) is 2.26. The SMILES string of the molecule is C=CC(=O)OC(C)COCCOS(=O)(=O)CCOCC(C)OC(=O)C=C.[MgH2]. The largest absolute Gasteiger partial charge is 0.457 e. The molecule has 0 radical (unpaired) electrons. The highest BCUT2D eigenvalue weighted by molar-refractivity contribution is 7.86. The van der Waals surface area contributed by atoms with E-state index < -0.39 is 34.3 Å². The van der Waals surface area contributed by atoms with Crippen molar-refractivity contribution in [1.29, 1.82) is 0 Å². The minimum Gasteiger partial charge on any atom is -0.457 e. The number of carbonyl (C=O) groups excluding carboxylic acids is 2. The highest BCUT2D eigenvalue weighted by atomic mass is 32.2. The van der Waals surface area contributed by atoms with Crippen molar-refractivity contribution in [3.05, 3.63) is 25.3 Å². The number of esters is 2. The molecule has 0 aliphatic heterocycles. The van der Waals surface area contributed by atoms with Gasteiger partial charge in [0, 0.05) is 12.2 Å². The quantitative estimate of drug-likeness (QED) is 0.116. The van der Waals surface area contributed by atoms with Crippen molar-refractivity contribution in [3.8, 4) is 0 Å². The average Bonchev–Trinajstić information content (AvgIpc) is 2.58. The Morgan fingerprint density at radius 3 is 1.78 bits per heavy atom. The standard InChI is InChI=1S/C16H26O9S.Mg.2H/c1-5-15(17)24-13(3)11-21-7-8-23-26(19,20)10-9-22-12-14(4)25-16(18)6-2;;;/h5-6,13-14H,1-2,7-12H2,3-4H3;;;. The zero-order chi connectivity index (χ0) is 20.0. The second-order valence-electron chi connectivity index (χ2n) is 5.14. The maximum Gasteiger partial charge on any atom is 0.330 e.